The zero-order valence-electron chi connectivity index (χ0n) is 15.8. The van der Waals surface area contributed by atoms with Crippen molar-refractivity contribution in [3.63, 3.8) is 0 Å². The van der Waals surface area contributed by atoms with E-state index in [0.29, 0.717) is 11.3 Å². The summed E-state index contributed by atoms with van der Waals surface area (Å²) in [6.45, 7) is 0. The lowest BCUT2D eigenvalue weighted by Gasteiger charge is -2.11. The highest BCUT2D eigenvalue weighted by Crippen LogP contribution is 2.16. The summed E-state index contributed by atoms with van der Waals surface area (Å²) in [4.78, 5) is 46.3. The van der Waals surface area contributed by atoms with E-state index in [2.05, 4.69) is 10.6 Å². The minimum Gasteiger partial charge on any atom is -0.478 e. The van der Waals surface area contributed by atoms with Crippen LogP contribution in [0.25, 0.3) is 6.08 Å². The maximum absolute atomic E-state index is 12.8. The molecule has 0 aliphatic heterocycles. The summed E-state index contributed by atoms with van der Waals surface area (Å²) < 4.78 is 5.02. The Morgan fingerprint density at radius 3 is 2.23 bits per heavy atom. The highest BCUT2D eigenvalue weighted by molar-refractivity contribution is 6.10. The third kappa shape index (κ3) is 5.41. The summed E-state index contributed by atoms with van der Waals surface area (Å²) in [6, 6.07) is 13.7. The van der Waals surface area contributed by atoms with Gasteiger partial charge in [-0.15, -0.1) is 0 Å². The average Bonchev–Trinajstić information content (AvgIpc) is 3.29. The lowest BCUT2D eigenvalue weighted by atomic mass is 10.1. The fourth-order valence-electron chi connectivity index (χ4n) is 2.50. The molecule has 3 rings (SSSR count). The molecule has 0 atom stereocenters. The van der Waals surface area contributed by atoms with Gasteiger partial charge in [0, 0.05) is 17.8 Å². The second-order valence-electron chi connectivity index (χ2n) is 6.17. The Hall–Kier alpha value is -4.73. The number of nitro benzene ring substituents is 1. The number of benzene rings is 2. The van der Waals surface area contributed by atoms with Crippen LogP contribution >= 0.6 is 0 Å². The van der Waals surface area contributed by atoms with E-state index in [1.165, 1.54) is 73.0 Å². The minimum atomic E-state index is -1.11. The lowest BCUT2D eigenvalue weighted by Crippen LogP contribution is -2.30. The number of aromatic carboxylic acids is 1. The molecule has 0 unspecified atom stereocenters. The SMILES string of the molecule is O=C(Nc1ccc(C(=O)O)cc1)/C(=C\c1ccc([N+](=O)[O-])cc1)NC(=O)c1ccco1. The number of non-ortho nitro benzene ring substituents is 1. The van der Waals surface area contributed by atoms with Crippen molar-refractivity contribution in [3.8, 4) is 0 Å². The number of nitrogens with one attached hydrogen (secondary N) is 2. The van der Waals surface area contributed by atoms with Crippen molar-refractivity contribution in [2.75, 3.05) is 5.32 Å². The first-order valence-corrected chi connectivity index (χ1v) is 8.79. The predicted molar refractivity (Wildman–Crippen MR) is 109 cm³/mol. The van der Waals surface area contributed by atoms with Gasteiger partial charge in [-0.2, -0.15) is 0 Å². The van der Waals surface area contributed by atoms with Crippen LogP contribution in [0.1, 0.15) is 26.5 Å². The number of carboxylic acids is 1. The topological polar surface area (TPSA) is 152 Å². The normalized spacial score (nSPS) is 10.9. The molecule has 10 nitrogen and oxygen atoms in total. The van der Waals surface area contributed by atoms with Gasteiger partial charge in [0.2, 0.25) is 0 Å². The van der Waals surface area contributed by atoms with Gasteiger partial charge in [-0.25, -0.2) is 4.79 Å². The standard InChI is InChI=1S/C21H15N3O7/c25-19(22-15-7-5-14(6-8-15)21(27)28)17(23-20(26)18-2-1-11-31-18)12-13-3-9-16(10-4-13)24(29)30/h1-12H,(H,22,25)(H,23,26)(H,27,28)/b17-12+. The van der Waals surface area contributed by atoms with E-state index in [9.17, 15) is 24.5 Å². The highest BCUT2D eigenvalue weighted by atomic mass is 16.6. The Bertz CT molecular complexity index is 1150. The van der Waals surface area contributed by atoms with Crippen LogP contribution in [0.2, 0.25) is 0 Å². The molecule has 0 aliphatic carbocycles. The molecule has 0 saturated carbocycles. The number of nitrogens with zero attached hydrogens (tertiary/aromatic N) is 1. The molecule has 0 spiro atoms. The van der Waals surface area contributed by atoms with Crippen LogP contribution in [-0.2, 0) is 4.79 Å². The molecule has 0 aliphatic rings. The van der Waals surface area contributed by atoms with Gasteiger partial charge < -0.3 is 20.2 Å². The van der Waals surface area contributed by atoms with Gasteiger partial charge in [0.15, 0.2) is 5.76 Å². The largest absolute Gasteiger partial charge is 0.478 e. The number of rotatable bonds is 7. The first-order chi connectivity index (χ1) is 14.8. The van der Waals surface area contributed by atoms with E-state index in [1.54, 1.807) is 0 Å². The van der Waals surface area contributed by atoms with Gasteiger partial charge in [0.05, 0.1) is 16.7 Å². The number of carboxylic acid groups (broad SMARTS) is 1. The van der Waals surface area contributed by atoms with Crippen molar-refractivity contribution in [1.82, 2.24) is 5.32 Å². The van der Waals surface area contributed by atoms with E-state index in [4.69, 9.17) is 9.52 Å². The fourth-order valence-corrected chi connectivity index (χ4v) is 2.50. The second kappa shape index (κ2) is 9.18. The maximum Gasteiger partial charge on any atom is 0.335 e. The zero-order chi connectivity index (χ0) is 22.4. The Morgan fingerprint density at radius 1 is 1.00 bits per heavy atom. The number of hydrogen-bond donors (Lipinski definition) is 3. The molecular weight excluding hydrogens is 406 g/mol. The number of hydrogen-bond acceptors (Lipinski definition) is 6. The Morgan fingerprint density at radius 2 is 1.68 bits per heavy atom. The van der Waals surface area contributed by atoms with Crippen LogP contribution in [0.5, 0.6) is 0 Å². The number of nitro groups is 1. The number of carbonyl (C=O) groups excluding carboxylic acids is 2. The van der Waals surface area contributed by atoms with Crippen LogP contribution in [0.4, 0.5) is 11.4 Å². The molecule has 0 bridgehead atoms. The van der Waals surface area contributed by atoms with Crippen LogP contribution in [-0.4, -0.2) is 27.8 Å². The van der Waals surface area contributed by atoms with Gasteiger partial charge >= 0.3 is 5.97 Å². The quantitative estimate of drug-likeness (QED) is 0.301. The van der Waals surface area contributed by atoms with E-state index in [1.807, 2.05) is 0 Å². The number of carbonyl (C=O) groups is 3. The van der Waals surface area contributed by atoms with Crippen molar-refractivity contribution in [2.24, 2.45) is 0 Å². The highest BCUT2D eigenvalue weighted by Gasteiger charge is 2.17. The number of anilines is 1. The molecule has 156 valence electrons. The van der Waals surface area contributed by atoms with Crippen LogP contribution < -0.4 is 10.6 Å². The van der Waals surface area contributed by atoms with Gasteiger partial charge in [-0.3, -0.25) is 19.7 Å². The zero-order valence-corrected chi connectivity index (χ0v) is 15.8. The summed E-state index contributed by atoms with van der Waals surface area (Å²) in [6.07, 6.45) is 2.64. The molecule has 0 saturated heterocycles. The lowest BCUT2D eigenvalue weighted by molar-refractivity contribution is -0.384. The third-order valence-electron chi connectivity index (χ3n) is 4.04. The fraction of sp³-hybridized carbons (Fsp3) is 0. The van der Waals surface area contributed by atoms with E-state index < -0.39 is 22.7 Å². The van der Waals surface area contributed by atoms with Gasteiger partial charge in [-0.1, -0.05) is 0 Å². The van der Waals surface area contributed by atoms with E-state index in [0.717, 1.165) is 0 Å². The van der Waals surface area contributed by atoms with Gasteiger partial charge in [-0.05, 0) is 60.2 Å². The summed E-state index contributed by atoms with van der Waals surface area (Å²) in [5.74, 6) is -2.49. The average molecular weight is 421 g/mol. The molecule has 2 amide bonds. The summed E-state index contributed by atoms with van der Waals surface area (Å²) in [7, 11) is 0. The van der Waals surface area contributed by atoms with Crippen LogP contribution in [0, 0.1) is 10.1 Å². The molecule has 31 heavy (non-hydrogen) atoms. The van der Waals surface area contributed by atoms with E-state index in [-0.39, 0.29) is 22.7 Å². The Balaban J connectivity index is 1.86. The van der Waals surface area contributed by atoms with Gasteiger partial charge in [0.1, 0.15) is 5.70 Å². The molecule has 3 N–H and O–H groups in total. The summed E-state index contributed by atoms with van der Waals surface area (Å²) in [5.41, 5.74) is 0.498. The molecule has 2 aromatic carbocycles. The predicted octanol–water partition coefficient (Wildman–Crippen LogP) is 3.30. The first kappa shape index (κ1) is 21.0. The summed E-state index contributed by atoms with van der Waals surface area (Å²) >= 11 is 0. The molecule has 1 aromatic heterocycles. The Kier molecular flexibility index (Phi) is 6.21. The van der Waals surface area contributed by atoms with Gasteiger partial charge in [0.25, 0.3) is 17.5 Å². The van der Waals surface area contributed by atoms with E-state index >= 15 is 0 Å². The van der Waals surface area contributed by atoms with Crippen LogP contribution in [0.3, 0.4) is 0 Å². The number of amides is 2. The maximum atomic E-state index is 12.8. The minimum absolute atomic E-state index is 0.0202. The van der Waals surface area contributed by atoms with Crippen molar-refractivity contribution in [2.45, 2.75) is 0 Å². The molecule has 1 heterocycles. The molecular formula is C21H15N3O7. The number of furan rings is 1. The molecule has 0 fully saturated rings. The molecule has 10 heteroatoms. The van der Waals surface area contributed by atoms with Crippen LogP contribution in [0.15, 0.2) is 77.0 Å². The first-order valence-electron chi connectivity index (χ1n) is 8.79. The van der Waals surface area contributed by atoms with Crippen molar-refractivity contribution in [3.05, 3.63) is 99.6 Å². The second-order valence-corrected chi connectivity index (χ2v) is 6.17. The summed E-state index contributed by atoms with van der Waals surface area (Å²) in [5, 5.41) is 24.8. The monoisotopic (exact) mass is 421 g/mol. The third-order valence-corrected chi connectivity index (χ3v) is 4.04. The van der Waals surface area contributed by atoms with Crippen molar-refractivity contribution in [1.29, 1.82) is 0 Å². The molecule has 3 aromatic rings. The van der Waals surface area contributed by atoms with Crippen molar-refractivity contribution >= 4 is 35.2 Å². The smallest absolute Gasteiger partial charge is 0.335 e. The Labute approximate surface area is 175 Å². The van der Waals surface area contributed by atoms with Crippen molar-refractivity contribution < 1.29 is 28.8 Å². The molecule has 0 radical (unpaired) electrons.